The zero-order valence-electron chi connectivity index (χ0n) is 14.8. The van der Waals surface area contributed by atoms with E-state index in [2.05, 4.69) is 30.6 Å². The van der Waals surface area contributed by atoms with Crippen molar-refractivity contribution in [3.8, 4) is 0 Å². The molecule has 5 nitrogen and oxygen atoms in total. The minimum atomic E-state index is -3.69. The zero-order chi connectivity index (χ0) is 17.6. The van der Waals surface area contributed by atoms with Gasteiger partial charge in [-0.3, -0.25) is 10.3 Å². The van der Waals surface area contributed by atoms with Crippen LogP contribution in [0.15, 0.2) is 33.6 Å². The van der Waals surface area contributed by atoms with Gasteiger partial charge in [-0.25, -0.2) is 0 Å². The quantitative estimate of drug-likeness (QED) is 0.772. The minimum Gasteiger partial charge on any atom is -0.271 e. The third-order valence-corrected chi connectivity index (χ3v) is 5.73. The molecule has 6 heteroatoms. The molecule has 24 heavy (non-hydrogen) atoms. The Morgan fingerprint density at radius 1 is 1.29 bits per heavy atom. The van der Waals surface area contributed by atoms with Gasteiger partial charge in [0.05, 0.1) is 11.0 Å². The van der Waals surface area contributed by atoms with Crippen LogP contribution >= 0.6 is 0 Å². The number of sulfonamides is 1. The number of hydrogen-bond acceptors (Lipinski definition) is 3. The Labute approximate surface area is 145 Å². The summed E-state index contributed by atoms with van der Waals surface area (Å²) in [4.78, 5) is 5.66. The fourth-order valence-corrected chi connectivity index (χ4v) is 3.65. The van der Waals surface area contributed by atoms with E-state index in [1.807, 2.05) is 12.1 Å². The molecule has 1 aromatic rings. The normalized spacial score (nSPS) is 21.0. The molecule has 1 aliphatic rings. The molecule has 1 heterocycles. The van der Waals surface area contributed by atoms with Gasteiger partial charge in [0.2, 0.25) is 0 Å². The third kappa shape index (κ3) is 5.31. The smallest absolute Gasteiger partial charge is 0.271 e. The number of unbranched alkanes of at least 4 members (excludes halogenated alkanes) is 1. The molecule has 1 saturated heterocycles. The lowest BCUT2D eigenvalue weighted by atomic mass is 10.00. The average Bonchev–Trinajstić information content (AvgIpc) is 2.99. The maximum atomic E-state index is 12.4. The van der Waals surface area contributed by atoms with Crippen LogP contribution < -0.4 is 5.48 Å². The van der Waals surface area contributed by atoms with E-state index in [1.54, 1.807) is 12.1 Å². The molecule has 1 aromatic carbocycles. The standard InChI is InChI=1S/C18H28N2O3S/c1-4-6-7-15-8-10-17(11-9-15)24(21,22)20-18-13-16(23-19-18)12-14(3)5-2/h8-11,14,16H,4-7,12-13H2,1-3H3,(H,19,20). The zero-order valence-corrected chi connectivity index (χ0v) is 15.6. The van der Waals surface area contributed by atoms with E-state index in [1.165, 1.54) is 0 Å². The van der Waals surface area contributed by atoms with Crippen LogP contribution in [0.4, 0.5) is 0 Å². The van der Waals surface area contributed by atoms with Crippen molar-refractivity contribution in [3.05, 3.63) is 29.8 Å². The second-order valence-electron chi connectivity index (χ2n) is 6.56. The summed E-state index contributed by atoms with van der Waals surface area (Å²) in [6.07, 6.45) is 5.68. The Bertz CT molecular complexity index is 653. The van der Waals surface area contributed by atoms with Crippen LogP contribution in [0.3, 0.4) is 0 Å². The summed E-state index contributed by atoms with van der Waals surface area (Å²) in [7, 11) is -3.69. The largest absolute Gasteiger partial charge is 0.284 e. The molecule has 0 bridgehead atoms. The molecule has 0 aromatic heterocycles. The lowest BCUT2D eigenvalue weighted by Crippen LogP contribution is -2.15. The van der Waals surface area contributed by atoms with Crippen LogP contribution in [0.5, 0.6) is 0 Å². The number of aryl methyl sites for hydroxylation is 1. The van der Waals surface area contributed by atoms with Gasteiger partial charge >= 0.3 is 0 Å². The van der Waals surface area contributed by atoms with Crippen LogP contribution in [0.1, 0.15) is 58.4 Å². The van der Waals surface area contributed by atoms with Gasteiger partial charge in [-0.1, -0.05) is 45.7 Å². The SMILES string of the molecule is CCCCc1ccc(S(=O)(=O)/N=C2\CC(CC(C)CC)ON2)cc1. The molecule has 2 rings (SSSR count). The molecule has 0 aliphatic carbocycles. The van der Waals surface area contributed by atoms with Crippen molar-refractivity contribution in [2.75, 3.05) is 0 Å². The first-order chi connectivity index (χ1) is 11.4. The van der Waals surface area contributed by atoms with Gasteiger partial charge in [-0.15, -0.1) is 4.40 Å². The Hall–Kier alpha value is -1.40. The van der Waals surface area contributed by atoms with E-state index in [0.717, 1.165) is 37.7 Å². The van der Waals surface area contributed by atoms with E-state index in [0.29, 0.717) is 18.2 Å². The van der Waals surface area contributed by atoms with Crippen molar-refractivity contribution in [1.82, 2.24) is 5.48 Å². The van der Waals surface area contributed by atoms with E-state index < -0.39 is 10.0 Å². The summed E-state index contributed by atoms with van der Waals surface area (Å²) in [5, 5.41) is 0. The van der Waals surface area contributed by atoms with Crippen molar-refractivity contribution in [1.29, 1.82) is 0 Å². The highest BCUT2D eigenvalue weighted by Crippen LogP contribution is 2.20. The molecular weight excluding hydrogens is 324 g/mol. The maximum absolute atomic E-state index is 12.4. The van der Waals surface area contributed by atoms with Crippen LogP contribution in [-0.2, 0) is 21.3 Å². The molecule has 1 fully saturated rings. The fraction of sp³-hybridized carbons (Fsp3) is 0.611. The molecule has 1 aliphatic heterocycles. The fourth-order valence-electron chi connectivity index (χ4n) is 2.66. The van der Waals surface area contributed by atoms with Crippen molar-refractivity contribution < 1.29 is 13.3 Å². The number of amidine groups is 1. The van der Waals surface area contributed by atoms with Crippen molar-refractivity contribution >= 4 is 15.9 Å². The Kier molecular flexibility index (Phi) is 6.80. The highest BCUT2D eigenvalue weighted by atomic mass is 32.2. The summed E-state index contributed by atoms with van der Waals surface area (Å²) in [6, 6.07) is 7.01. The van der Waals surface area contributed by atoms with Gasteiger partial charge < -0.3 is 0 Å². The number of rotatable bonds is 8. The molecule has 0 radical (unpaired) electrons. The summed E-state index contributed by atoms with van der Waals surface area (Å²) in [5.41, 5.74) is 3.82. The molecule has 1 N–H and O–H groups in total. The van der Waals surface area contributed by atoms with Gasteiger partial charge in [0.25, 0.3) is 10.0 Å². The Morgan fingerprint density at radius 3 is 2.62 bits per heavy atom. The average molecular weight is 353 g/mol. The summed E-state index contributed by atoms with van der Waals surface area (Å²) >= 11 is 0. The predicted molar refractivity (Wildman–Crippen MR) is 96.4 cm³/mol. The second kappa shape index (κ2) is 8.62. The monoisotopic (exact) mass is 352 g/mol. The maximum Gasteiger partial charge on any atom is 0.284 e. The Balaban J connectivity index is 2.02. The molecule has 0 saturated carbocycles. The van der Waals surface area contributed by atoms with E-state index >= 15 is 0 Å². The Morgan fingerprint density at radius 2 is 2.00 bits per heavy atom. The first kappa shape index (κ1) is 18.9. The summed E-state index contributed by atoms with van der Waals surface area (Å²) in [5.74, 6) is 0.932. The minimum absolute atomic E-state index is 0.00896. The van der Waals surface area contributed by atoms with Gasteiger partial charge in [-0.2, -0.15) is 8.42 Å². The lowest BCUT2D eigenvalue weighted by Gasteiger charge is -2.11. The van der Waals surface area contributed by atoms with Crippen molar-refractivity contribution in [3.63, 3.8) is 0 Å². The highest BCUT2D eigenvalue weighted by Gasteiger charge is 2.25. The highest BCUT2D eigenvalue weighted by molar-refractivity contribution is 7.90. The molecule has 2 unspecified atom stereocenters. The number of hydroxylamine groups is 1. The van der Waals surface area contributed by atoms with Crippen LogP contribution in [0, 0.1) is 5.92 Å². The summed E-state index contributed by atoms with van der Waals surface area (Å²) < 4.78 is 28.7. The number of nitrogens with zero attached hydrogens (tertiary/aromatic N) is 1. The molecular formula is C18H28N2O3S. The van der Waals surface area contributed by atoms with Gasteiger partial charge in [0, 0.05) is 6.42 Å². The van der Waals surface area contributed by atoms with Crippen molar-refractivity contribution in [2.24, 2.45) is 10.3 Å². The third-order valence-electron chi connectivity index (χ3n) is 4.40. The number of benzene rings is 1. The van der Waals surface area contributed by atoms with Gasteiger partial charge in [0.15, 0.2) is 0 Å². The molecule has 0 spiro atoms. The second-order valence-corrected chi connectivity index (χ2v) is 8.16. The van der Waals surface area contributed by atoms with E-state index in [9.17, 15) is 8.42 Å². The first-order valence-corrected chi connectivity index (χ1v) is 10.2. The number of hydrogen-bond donors (Lipinski definition) is 1. The predicted octanol–water partition coefficient (Wildman–Crippen LogP) is 3.85. The van der Waals surface area contributed by atoms with Crippen LogP contribution in [0.25, 0.3) is 0 Å². The molecule has 0 amide bonds. The lowest BCUT2D eigenvalue weighted by molar-refractivity contribution is 0.0312. The summed E-state index contributed by atoms with van der Waals surface area (Å²) in [6.45, 7) is 6.44. The van der Waals surface area contributed by atoms with Gasteiger partial charge in [0.1, 0.15) is 5.84 Å². The first-order valence-electron chi connectivity index (χ1n) is 8.79. The van der Waals surface area contributed by atoms with Gasteiger partial charge in [-0.05, 0) is 42.9 Å². The van der Waals surface area contributed by atoms with Crippen LogP contribution in [0.2, 0.25) is 0 Å². The van der Waals surface area contributed by atoms with Crippen molar-refractivity contribution in [2.45, 2.75) is 70.3 Å². The molecule has 134 valence electrons. The topological polar surface area (TPSA) is 67.8 Å². The molecule has 2 atom stereocenters. The van der Waals surface area contributed by atoms with Crippen LogP contribution in [-0.4, -0.2) is 20.4 Å². The number of nitrogens with one attached hydrogen (secondary N) is 1. The van der Waals surface area contributed by atoms with E-state index in [-0.39, 0.29) is 11.0 Å². The van der Waals surface area contributed by atoms with E-state index in [4.69, 9.17) is 4.84 Å².